The lowest BCUT2D eigenvalue weighted by atomic mass is 9.99. The molecule has 0 heterocycles. The maximum absolute atomic E-state index is 12.0. The second-order valence-electron chi connectivity index (χ2n) is 5.43. The summed E-state index contributed by atoms with van der Waals surface area (Å²) < 4.78 is 0. The molecule has 110 valence electrons. The van der Waals surface area contributed by atoms with Crippen molar-refractivity contribution in [1.29, 1.82) is 0 Å². The minimum atomic E-state index is -0.920. The Labute approximate surface area is 119 Å². The fourth-order valence-corrected chi connectivity index (χ4v) is 1.52. The molecule has 0 aliphatic rings. The van der Waals surface area contributed by atoms with E-state index in [1.54, 1.807) is 31.2 Å². The van der Waals surface area contributed by atoms with Gasteiger partial charge in [0.1, 0.15) is 0 Å². The number of rotatable bonds is 5. The van der Waals surface area contributed by atoms with Gasteiger partial charge in [-0.15, -0.1) is 0 Å². The number of anilines is 1. The van der Waals surface area contributed by atoms with Crippen LogP contribution in [0.4, 0.5) is 5.69 Å². The van der Waals surface area contributed by atoms with Crippen molar-refractivity contribution < 1.29 is 9.59 Å². The number of hydrogen-bond donors (Lipinski definition) is 3. The van der Waals surface area contributed by atoms with Gasteiger partial charge in [-0.1, -0.05) is 13.0 Å². The molecular formula is C15H23N3O2. The van der Waals surface area contributed by atoms with Crippen molar-refractivity contribution in [3.05, 3.63) is 29.8 Å². The third-order valence-electron chi connectivity index (χ3n) is 3.06. The van der Waals surface area contributed by atoms with E-state index in [1.165, 1.54) is 0 Å². The van der Waals surface area contributed by atoms with Crippen LogP contribution in [0, 0.1) is 0 Å². The molecule has 1 aromatic carbocycles. The van der Waals surface area contributed by atoms with E-state index in [0.717, 1.165) is 0 Å². The maximum Gasteiger partial charge on any atom is 0.251 e. The Balaban J connectivity index is 2.84. The SMILES string of the molecule is CCC(C)(N)C(=O)Nc1cccc(C(=O)NC(C)C)c1. The summed E-state index contributed by atoms with van der Waals surface area (Å²) >= 11 is 0. The first-order chi connectivity index (χ1) is 9.26. The Hall–Kier alpha value is -1.88. The van der Waals surface area contributed by atoms with Crippen LogP contribution in [0.3, 0.4) is 0 Å². The molecule has 0 aliphatic carbocycles. The molecular weight excluding hydrogens is 254 g/mol. The van der Waals surface area contributed by atoms with E-state index < -0.39 is 5.54 Å². The van der Waals surface area contributed by atoms with E-state index in [0.29, 0.717) is 17.7 Å². The summed E-state index contributed by atoms with van der Waals surface area (Å²) in [4.78, 5) is 23.9. The number of hydrogen-bond acceptors (Lipinski definition) is 3. The number of carbonyl (C=O) groups is 2. The topological polar surface area (TPSA) is 84.2 Å². The number of nitrogens with one attached hydrogen (secondary N) is 2. The normalized spacial score (nSPS) is 13.7. The van der Waals surface area contributed by atoms with Gasteiger partial charge >= 0.3 is 0 Å². The molecule has 1 aromatic rings. The van der Waals surface area contributed by atoms with Gasteiger partial charge in [-0.25, -0.2) is 0 Å². The zero-order valence-electron chi connectivity index (χ0n) is 12.5. The van der Waals surface area contributed by atoms with Crippen LogP contribution in [0.15, 0.2) is 24.3 Å². The average molecular weight is 277 g/mol. The lowest BCUT2D eigenvalue weighted by Crippen LogP contribution is -2.47. The highest BCUT2D eigenvalue weighted by Gasteiger charge is 2.26. The van der Waals surface area contributed by atoms with Crippen molar-refractivity contribution in [2.75, 3.05) is 5.32 Å². The summed E-state index contributed by atoms with van der Waals surface area (Å²) in [7, 11) is 0. The van der Waals surface area contributed by atoms with E-state index in [2.05, 4.69) is 10.6 Å². The maximum atomic E-state index is 12.0. The van der Waals surface area contributed by atoms with Crippen LogP contribution < -0.4 is 16.4 Å². The van der Waals surface area contributed by atoms with Crippen LogP contribution >= 0.6 is 0 Å². The van der Waals surface area contributed by atoms with E-state index in [9.17, 15) is 9.59 Å². The molecule has 2 amide bonds. The summed E-state index contributed by atoms with van der Waals surface area (Å²) in [5.74, 6) is -0.427. The van der Waals surface area contributed by atoms with E-state index >= 15 is 0 Å². The van der Waals surface area contributed by atoms with Crippen molar-refractivity contribution in [3.8, 4) is 0 Å². The first-order valence-corrected chi connectivity index (χ1v) is 6.77. The van der Waals surface area contributed by atoms with Gasteiger partial charge < -0.3 is 16.4 Å². The third-order valence-corrected chi connectivity index (χ3v) is 3.06. The lowest BCUT2D eigenvalue weighted by molar-refractivity contribution is -0.120. The Morgan fingerprint density at radius 3 is 2.55 bits per heavy atom. The number of benzene rings is 1. The molecule has 1 rings (SSSR count). The van der Waals surface area contributed by atoms with Gasteiger partial charge in [0.25, 0.3) is 5.91 Å². The van der Waals surface area contributed by atoms with Crippen molar-refractivity contribution in [2.24, 2.45) is 5.73 Å². The molecule has 0 radical (unpaired) electrons. The second kappa shape index (κ2) is 6.52. The number of carbonyl (C=O) groups excluding carboxylic acids is 2. The average Bonchev–Trinajstić information content (AvgIpc) is 2.38. The molecule has 20 heavy (non-hydrogen) atoms. The molecule has 0 saturated carbocycles. The third kappa shape index (κ3) is 4.35. The second-order valence-corrected chi connectivity index (χ2v) is 5.43. The molecule has 5 nitrogen and oxygen atoms in total. The fraction of sp³-hybridized carbons (Fsp3) is 0.467. The van der Waals surface area contributed by atoms with Crippen molar-refractivity contribution in [3.63, 3.8) is 0 Å². The van der Waals surface area contributed by atoms with Gasteiger partial charge in [-0.05, 0) is 45.4 Å². The monoisotopic (exact) mass is 277 g/mol. The summed E-state index contributed by atoms with van der Waals surface area (Å²) in [5.41, 5.74) is 6.03. The van der Waals surface area contributed by atoms with E-state index in [1.807, 2.05) is 20.8 Å². The molecule has 1 unspecified atom stereocenters. The van der Waals surface area contributed by atoms with Gasteiger partial charge in [0, 0.05) is 17.3 Å². The summed E-state index contributed by atoms with van der Waals surface area (Å²) in [6.07, 6.45) is 0.534. The smallest absolute Gasteiger partial charge is 0.251 e. The molecule has 0 fully saturated rings. The van der Waals surface area contributed by atoms with Crippen LogP contribution in [0.2, 0.25) is 0 Å². The van der Waals surface area contributed by atoms with Crippen molar-refractivity contribution in [2.45, 2.75) is 45.7 Å². The van der Waals surface area contributed by atoms with Crippen LogP contribution in [-0.4, -0.2) is 23.4 Å². The van der Waals surface area contributed by atoms with Gasteiger partial charge in [-0.2, -0.15) is 0 Å². The van der Waals surface area contributed by atoms with E-state index in [-0.39, 0.29) is 17.9 Å². The predicted octanol–water partition coefficient (Wildman–Crippen LogP) is 1.89. The molecule has 0 saturated heterocycles. The molecule has 1 atom stereocenters. The summed E-state index contributed by atoms with van der Waals surface area (Å²) in [6, 6.07) is 6.87. The largest absolute Gasteiger partial charge is 0.350 e. The predicted molar refractivity (Wildman–Crippen MR) is 80.6 cm³/mol. The highest BCUT2D eigenvalue weighted by atomic mass is 16.2. The highest BCUT2D eigenvalue weighted by Crippen LogP contribution is 2.14. The van der Waals surface area contributed by atoms with Gasteiger partial charge in [0.2, 0.25) is 5.91 Å². The first kappa shape index (κ1) is 16.2. The molecule has 0 aromatic heterocycles. The minimum Gasteiger partial charge on any atom is -0.350 e. The Kier molecular flexibility index (Phi) is 5.27. The number of amides is 2. The summed E-state index contributed by atoms with van der Waals surface area (Å²) in [5, 5.41) is 5.54. The van der Waals surface area contributed by atoms with Crippen LogP contribution in [0.5, 0.6) is 0 Å². The lowest BCUT2D eigenvalue weighted by Gasteiger charge is -2.21. The zero-order chi connectivity index (χ0) is 15.3. The van der Waals surface area contributed by atoms with E-state index in [4.69, 9.17) is 5.73 Å². The number of nitrogens with two attached hydrogens (primary N) is 1. The minimum absolute atomic E-state index is 0.0631. The summed E-state index contributed by atoms with van der Waals surface area (Å²) in [6.45, 7) is 7.32. The standard InChI is InChI=1S/C15H23N3O2/c1-5-15(4,16)14(20)18-12-8-6-7-11(9-12)13(19)17-10(2)3/h6-10H,5,16H2,1-4H3,(H,17,19)(H,18,20). The van der Waals surface area contributed by atoms with Gasteiger partial charge in [-0.3, -0.25) is 9.59 Å². The Morgan fingerprint density at radius 2 is 2.00 bits per heavy atom. The molecule has 4 N–H and O–H groups in total. The molecule has 0 spiro atoms. The Morgan fingerprint density at radius 1 is 1.35 bits per heavy atom. The molecule has 0 bridgehead atoms. The Bertz CT molecular complexity index is 496. The van der Waals surface area contributed by atoms with Crippen molar-refractivity contribution in [1.82, 2.24) is 5.32 Å². The fourth-order valence-electron chi connectivity index (χ4n) is 1.52. The molecule has 0 aliphatic heterocycles. The molecule has 5 heteroatoms. The van der Waals surface area contributed by atoms with Crippen LogP contribution in [0.25, 0.3) is 0 Å². The first-order valence-electron chi connectivity index (χ1n) is 6.77. The van der Waals surface area contributed by atoms with Crippen LogP contribution in [-0.2, 0) is 4.79 Å². The van der Waals surface area contributed by atoms with Crippen molar-refractivity contribution >= 4 is 17.5 Å². The quantitative estimate of drug-likeness (QED) is 0.768. The highest BCUT2D eigenvalue weighted by molar-refractivity contribution is 6.00. The van der Waals surface area contributed by atoms with Gasteiger partial charge in [0.05, 0.1) is 5.54 Å². The van der Waals surface area contributed by atoms with Crippen LogP contribution in [0.1, 0.15) is 44.5 Å². The van der Waals surface area contributed by atoms with Gasteiger partial charge in [0.15, 0.2) is 0 Å². The zero-order valence-corrected chi connectivity index (χ0v) is 12.5.